The molecule has 2 atom stereocenters. The van der Waals surface area contributed by atoms with E-state index in [2.05, 4.69) is 0 Å². The Morgan fingerprint density at radius 1 is 1.33 bits per heavy atom. The lowest BCUT2D eigenvalue weighted by atomic mass is 9.95. The van der Waals surface area contributed by atoms with E-state index in [-0.39, 0.29) is 6.61 Å². The van der Waals surface area contributed by atoms with E-state index in [0.717, 1.165) is 16.7 Å². The summed E-state index contributed by atoms with van der Waals surface area (Å²) in [5, 5.41) is 18.8. The fourth-order valence-electron chi connectivity index (χ4n) is 1.62. The highest BCUT2D eigenvalue weighted by molar-refractivity contribution is 5.32. The molecule has 4 N–H and O–H groups in total. The number of hydrogen-bond acceptors (Lipinski definition) is 3. The lowest BCUT2D eigenvalue weighted by Crippen LogP contribution is -2.29. The molecule has 0 bridgehead atoms. The Morgan fingerprint density at radius 3 is 2.60 bits per heavy atom. The quantitative estimate of drug-likeness (QED) is 0.694. The first-order chi connectivity index (χ1) is 7.06. The molecule has 1 aromatic rings. The summed E-state index contributed by atoms with van der Waals surface area (Å²) in [6.45, 7) is 3.93. The maximum absolute atomic E-state index is 9.99. The molecule has 3 nitrogen and oxygen atoms in total. The number of aryl methyl sites for hydroxylation is 2. The van der Waals surface area contributed by atoms with Crippen molar-refractivity contribution in [3.05, 3.63) is 34.9 Å². The third-order valence-corrected chi connectivity index (χ3v) is 2.62. The fourth-order valence-corrected chi connectivity index (χ4v) is 1.62. The Labute approximate surface area is 90.5 Å². The normalized spacial score (nSPS) is 15.0. The Kier molecular flexibility index (Phi) is 4.27. The number of rotatable bonds is 4. The summed E-state index contributed by atoms with van der Waals surface area (Å²) >= 11 is 0. The molecule has 15 heavy (non-hydrogen) atoms. The van der Waals surface area contributed by atoms with Crippen molar-refractivity contribution in [1.82, 2.24) is 0 Å². The summed E-state index contributed by atoms with van der Waals surface area (Å²) in [6.07, 6.45) is -0.286. The molecule has 0 fully saturated rings. The standard InChI is InChI=1S/C12H19NO2/c1-8-3-4-9(2)10(7-8)12(15)11(13)5-6-14/h3-4,7,11-12,14-15H,5-6,13H2,1-2H3. The summed E-state index contributed by atoms with van der Waals surface area (Å²) in [6, 6.07) is 5.51. The largest absolute Gasteiger partial charge is 0.396 e. The predicted octanol–water partition coefficient (Wildman–Crippen LogP) is 1.05. The molecule has 0 aliphatic rings. The van der Waals surface area contributed by atoms with Gasteiger partial charge in [-0.3, -0.25) is 0 Å². The fraction of sp³-hybridized carbons (Fsp3) is 0.500. The zero-order chi connectivity index (χ0) is 11.4. The second-order valence-corrected chi connectivity index (χ2v) is 3.98. The third kappa shape index (κ3) is 3.02. The summed E-state index contributed by atoms with van der Waals surface area (Å²) in [5.41, 5.74) is 8.76. The van der Waals surface area contributed by atoms with Crippen LogP contribution in [-0.4, -0.2) is 22.9 Å². The van der Waals surface area contributed by atoms with E-state index in [9.17, 15) is 5.11 Å². The first-order valence-corrected chi connectivity index (χ1v) is 5.18. The topological polar surface area (TPSA) is 66.5 Å². The van der Waals surface area contributed by atoms with Crippen LogP contribution < -0.4 is 5.73 Å². The average molecular weight is 209 g/mol. The van der Waals surface area contributed by atoms with E-state index in [1.807, 2.05) is 32.0 Å². The molecule has 84 valence electrons. The van der Waals surface area contributed by atoms with Gasteiger partial charge in [0, 0.05) is 12.6 Å². The molecule has 1 aromatic carbocycles. The molecule has 0 saturated heterocycles. The molecule has 0 spiro atoms. The second kappa shape index (κ2) is 5.26. The monoisotopic (exact) mass is 209 g/mol. The van der Waals surface area contributed by atoms with Crippen LogP contribution in [0.2, 0.25) is 0 Å². The maximum Gasteiger partial charge on any atom is 0.0944 e. The van der Waals surface area contributed by atoms with Crippen molar-refractivity contribution in [3.8, 4) is 0 Å². The van der Waals surface area contributed by atoms with E-state index >= 15 is 0 Å². The van der Waals surface area contributed by atoms with Crippen LogP contribution in [0.25, 0.3) is 0 Å². The average Bonchev–Trinajstić information content (AvgIpc) is 2.21. The van der Waals surface area contributed by atoms with Gasteiger partial charge in [-0.05, 0) is 31.4 Å². The number of benzene rings is 1. The molecular weight excluding hydrogens is 190 g/mol. The number of hydrogen-bond donors (Lipinski definition) is 3. The Hall–Kier alpha value is -0.900. The van der Waals surface area contributed by atoms with Crippen LogP contribution in [-0.2, 0) is 0 Å². The SMILES string of the molecule is Cc1ccc(C)c(C(O)C(N)CCO)c1. The zero-order valence-electron chi connectivity index (χ0n) is 9.27. The van der Waals surface area contributed by atoms with E-state index in [4.69, 9.17) is 10.8 Å². The minimum atomic E-state index is -0.697. The van der Waals surface area contributed by atoms with Gasteiger partial charge in [0.1, 0.15) is 0 Å². The minimum Gasteiger partial charge on any atom is -0.396 e. The molecule has 0 aliphatic heterocycles. The van der Waals surface area contributed by atoms with Crippen molar-refractivity contribution in [2.75, 3.05) is 6.61 Å². The van der Waals surface area contributed by atoms with Crippen LogP contribution in [0, 0.1) is 13.8 Å². The van der Waals surface area contributed by atoms with Gasteiger partial charge in [-0.15, -0.1) is 0 Å². The summed E-state index contributed by atoms with van der Waals surface area (Å²) < 4.78 is 0. The summed E-state index contributed by atoms with van der Waals surface area (Å²) in [5.74, 6) is 0. The summed E-state index contributed by atoms with van der Waals surface area (Å²) in [4.78, 5) is 0. The molecule has 0 heterocycles. The first-order valence-electron chi connectivity index (χ1n) is 5.18. The van der Waals surface area contributed by atoms with Crippen molar-refractivity contribution in [3.63, 3.8) is 0 Å². The molecule has 0 aromatic heterocycles. The number of aliphatic hydroxyl groups is 2. The highest BCUT2D eigenvalue weighted by Gasteiger charge is 2.18. The van der Waals surface area contributed by atoms with Crippen molar-refractivity contribution in [1.29, 1.82) is 0 Å². The molecule has 0 aliphatic carbocycles. The molecule has 0 saturated carbocycles. The first kappa shape index (κ1) is 12.2. The van der Waals surface area contributed by atoms with Gasteiger partial charge in [0.15, 0.2) is 0 Å². The van der Waals surface area contributed by atoms with Crippen molar-refractivity contribution in [2.24, 2.45) is 5.73 Å². The number of aliphatic hydroxyl groups excluding tert-OH is 2. The van der Waals surface area contributed by atoms with Crippen LogP contribution in [0.4, 0.5) is 0 Å². The van der Waals surface area contributed by atoms with E-state index in [0.29, 0.717) is 6.42 Å². The van der Waals surface area contributed by atoms with Crippen molar-refractivity contribution >= 4 is 0 Å². The molecule has 3 heteroatoms. The van der Waals surface area contributed by atoms with E-state index in [1.165, 1.54) is 0 Å². The van der Waals surface area contributed by atoms with Crippen LogP contribution in [0.15, 0.2) is 18.2 Å². The summed E-state index contributed by atoms with van der Waals surface area (Å²) in [7, 11) is 0. The van der Waals surface area contributed by atoms with Gasteiger partial charge in [0.2, 0.25) is 0 Å². The highest BCUT2D eigenvalue weighted by atomic mass is 16.3. The smallest absolute Gasteiger partial charge is 0.0944 e. The molecule has 1 rings (SSSR count). The van der Waals surface area contributed by atoms with Crippen LogP contribution in [0.3, 0.4) is 0 Å². The lowest BCUT2D eigenvalue weighted by Gasteiger charge is -2.20. The van der Waals surface area contributed by atoms with Gasteiger partial charge in [0.05, 0.1) is 6.10 Å². The van der Waals surface area contributed by atoms with E-state index < -0.39 is 12.1 Å². The van der Waals surface area contributed by atoms with Gasteiger partial charge < -0.3 is 15.9 Å². The van der Waals surface area contributed by atoms with Gasteiger partial charge in [-0.2, -0.15) is 0 Å². The van der Waals surface area contributed by atoms with Crippen LogP contribution in [0.1, 0.15) is 29.2 Å². The highest BCUT2D eigenvalue weighted by Crippen LogP contribution is 2.22. The molecule has 0 amide bonds. The van der Waals surface area contributed by atoms with Gasteiger partial charge in [-0.25, -0.2) is 0 Å². The minimum absolute atomic E-state index is 0.00307. The van der Waals surface area contributed by atoms with Gasteiger partial charge in [0.25, 0.3) is 0 Å². The Balaban J connectivity index is 2.89. The van der Waals surface area contributed by atoms with Gasteiger partial charge in [-0.1, -0.05) is 23.8 Å². The molecule has 0 radical (unpaired) electrons. The van der Waals surface area contributed by atoms with E-state index in [1.54, 1.807) is 0 Å². The number of nitrogens with two attached hydrogens (primary N) is 1. The Morgan fingerprint density at radius 2 is 2.00 bits per heavy atom. The molecule has 2 unspecified atom stereocenters. The van der Waals surface area contributed by atoms with Gasteiger partial charge >= 0.3 is 0 Å². The lowest BCUT2D eigenvalue weighted by molar-refractivity contribution is 0.128. The Bertz CT molecular complexity index is 325. The van der Waals surface area contributed by atoms with Crippen LogP contribution in [0.5, 0.6) is 0 Å². The zero-order valence-corrected chi connectivity index (χ0v) is 9.27. The molecular formula is C12H19NO2. The maximum atomic E-state index is 9.99. The van der Waals surface area contributed by atoms with Crippen LogP contribution >= 0.6 is 0 Å². The van der Waals surface area contributed by atoms with Crippen molar-refractivity contribution < 1.29 is 10.2 Å². The second-order valence-electron chi connectivity index (χ2n) is 3.98. The predicted molar refractivity (Wildman–Crippen MR) is 60.6 cm³/mol. The third-order valence-electron chi connectivity index (χ3n) is 2.62. The van der Waals surface area contributed by atoms with Crippen molar-refractivity contribution in [2.45, 2.75) is 32.4 Å².